The summed E-state index contributed by atoms with van der Waals surface area (Å²) < 4.78 is 8.30. The van der Waals surface area contributed by atoms with Crippen LogP contribution in [-0.2, 0) is 11.3 Å². The Morgan fingerprint density at radius 2 is 1.62 bits per heavy atom. The van der Waals surface area contributed by atoms with Gasteiger partial charge >= 0.3 is 6.03 Å². The zero-order valence-electron chi connectivity index (χ0n) is 23.3. The van der Waals surface area contributed by atoms with Crippen molar-refractivity contribution < 1.29 is 14.3 Å². The molecule has 0 saturated heterocycles. The number of nitrogens with one attached hydrogen (secondary N) is 1. The average Bonchev–Trinajstić information content (AvgIpc) is 3.44. The number of urea groups is 1. The topological polar surface area (TPSA) is 66.8 Å². The summed E-state index contributed by atoms with van der Waals surface area (Å²) in [6.07, 6.45) is 2.80. The third-order valence-electron chi connectivity index (χ3n) is 7.33. The van der Waals surface area contributed by atoms with E-state index in [0.717, 1.165) is 40.2 Å². The highest BCUT2D eigenvalue weighted by atomic mass is 16.5. The van der Waals surface area contributed by atoms with Gasteiger partial charge in [-0.1, -0.05) is 55.5 Å². The summed E-state index contributed by atoms with van der Waals surface area (Å²) in [5.41, 5.74) is 4.78. The number of hydrogen-bond donors (Lipinski definition) is 1. The highest BCUT2D eigenvalue weighted by Crippen LogP contribution is 2.35. The molecule has 1 aromatic heterocycles. The third-order valence-corrected chi connectivity index (χ3v) is 7.33. The molecule has 3 amide bonds. The number of benzene rings is 3. The fraction of sp³-hybridized carbons (Fsp3) is 0.273. The van der Waals surface area contributed by atoms with Gasteiger partial charge < -0.3 is 24.4 Å². The zero-order chi connectivity index (χ0) is 28.1. The summed E-state index contributed by atoms with van der Waals surface area (Å²) in [6, 6.07) is 27.0. The smallest absolute Gasteiger partial charge is 0.322 e. The van der Waals surface area contributed by atoms with Gasteiger partial charge in [0.05, 0.1) is 6.04 Å². The SMILES string of the molecule is CCCN(CC(=O)N1CCn2cccc2[C@H]1c1cccc(Oc2ccccc2)c1)C(=O)Nc1c(C)cccc1C. The number of rotatable bonds is 8. The molecule has 1 atom stereocenters. The fourth-order valence-corrected chi connectivity index (χ4v) is 5.35. The van der Waals surface area contributed by atoms with E-state index in [1.165, 1.54) is 0 Å². The lowest BCUT2D eigenvalue weighted by Crippen LogP contribution is -2.49. The van der Waals surface area contributed by atoms with Crippen molar-refractivity contribution in [3.8, 4) is 11.5 Å². The molecule has 5 rings (SSSR count). The van der Waals surface area contributed by atoms with Crippen molar-refractivity contribution in [2.24, 2.45) is 0 Å². The van der Waals surface area contributed by atoms with Crippen LogP contribution in [0.1, 0.15) is 41.8 Å². The number of nitrogens with zero attached hydrogens (tertiary/aromatic N) is 3. The maximum atomic E-state index is 13.9. The zero-order valence-corrected chi connectivity index (χ0v) is 23.3. The van der Waals surface area contributed by atoms with E-state index in [-0.39, 0.29) is 24.5 Å². The molecule has 0 spiro atoms. The molecule has 4 aromatic rings. The van der Waals surface area contributed by atoms with Crippen LogP contribution in [0.25, 0.3) is 0 Å². The number of aryl methyl sites for hydroxylation is 2. The van der Waals surface area contributed by atoms with Gasteiger partial charge in [-0.3, -0.25) is 4.79 Å². The second kappa shape index (κ2) is 12.1. The molecule has 7 nitrogen and oxygen atoms in total. The van der Waals surface area contributed by atoms with Crippen LogP contribution in [0.4, 0.5) is 10.5 Å². The number of hydrogen-bond acceptors (Lipinski definition) is 3. The third kappa shape index (κ3) is 5.88. The molecule has 1 aliphatic heterocycles. The molecular formula is C33H36N4O3. The summed E-state index contributed by atoms with van der Waals surface area (Å²) in [4.78, 5) is 30.8. The van der Waals surface area contributed by atoms with E-state index in [1.807, 2.05) is 105 Å². The van der Waals surface area contributed by atoms with E-state index >= 15 is 0 Å². The molecule has 1 aliphatic rings. The predicted octanol–water partition coefficient (Wildman–Crippen LogP) is 6.77. The number of amides is 3. The van der Waals surface area contributed by atoms with Gasteiger partial charge in [-0.2, -0.15) is 0 Å². The largest absolute Gasteiger partial charge is 0.457 e. The van der Waals surface area contributed by atoms with Crippen LogP contribution in [0.15, 0.2) is 91.1 Å². The Balaban J connectivity index is 1.39. The first-order valence-corrected chi connectivity index (χ1v) is 13.8. The Bertz CT molecular complexity index is 1460. The van der Waals surface area contributed by atoms with Gasteiger partial charge in [0, 0.05) is 37.2 Å². The number of para-hydroxylation sites is 2. The minimum atomic E-state index is -0.291. The summed E-state index contributed by atoms with van der Waals surface area (Å²) >= 11 is 0. The highest BCUT2D eigenvalue weighted by molar-refractivity contribution is 5.93. The van der Waals surface area contributed by atoms with Crippen LogP contribution in [0.5, 0.6) is 11.5 Å². The molecular weight excluding hydrogens is 500 g/mol. The first kappa shape index (κ1) is 27.1. The monoisotopic (exact) mass is 536 g/mol. The lowest BCUT2D eigenvalue weighted by atomic mass is 9.99. The van der Waals surface area contributed by atoms with E-state index in [2.05, 4.69) is 22.1 Å². The van der Waals surface area contributed by atoms with Gasteiger partial charge in [0.25, 0.3) is 0 Å². The van der Waals surface area contributed by atoms with Crippen LogP contribution in [0.2, 0.25) is 0 Å². The quantitative estimate of drug-likeness (QED) is 0.270. The van der Waals surface area contributed by atoms with Gasteiger partial charge in [0.2, 0.25) is 5.91 Å². The Morgan fingerprint density at radius 1 is 0.900 bits per heavy atom. The molecule has 3 aromatic carbocycles. The van der Waals surface area contributed by atoms with Crippen molar-refractivity contribution in [3.63, 3.8) is 0 Å². The lowest BCUT2D eigenvalue weighted by molar-refractivity contribution is -0.134. The maximum absolute atomic E-state index is 13.9. The predicted molar refractivity (Wildman–Crippen MR) is 158 cm³/mol. The molecule has 0 saturated carbocycles. The molecule has 0 unspecified atom stereocenters. The molecule has 0 fully saturated rings. The van der Waals surface area contributed by atoms with Crippen LogP contribution in [0.3, 0.4) is 0 Å². The van der Waals surface area contributed by atoms with Crippen molar-refractivity contribution in [2.45, 2.75) is 39.8 Å². The molecule has 0 radical (unpaired) electrons. The highest BCUT2D eigenvalue weighted by Gasteiger charge is 2.33. The molecule has 0 aliphatic carbocycles. The lowest BCUT2D eigenvalue weighted by Gasteiger charge is -2.38. The van der Waals surface area contributed by atoms with Gasteiger partial charge in [-0.15, -0.1) is 0 Å². The standard InChI is InChI=1S/C33H36N4O3/c1-4-18-36(33(39)34-31-24(2)11-8-12-25(31)3)23-30(38)37-21-20-35-19-10-17-29(35)32(37)26-13-9-16-28(22-26)40-27-14-6-5-7-15-27/h5-17,19,22,32H,4,18,20-21,23H2,1-3H3,(H,34,39)/t32-/m1/s1. The van der Waals surface area contributed by atoms with Crippen LogP contribution < -0.4 is 10.1 Å². The average molecular weight is 537 g/mol. The molecule has 7 heteroatoms. The molecule has 206 valence electrons. The Morgan fingerprint density at radius 3 is 2.38 bits per heavy atom. The Kier molecular flexibility index (Phi) is 8.20. The molecule has 0 bridgehead atoms. The number of ether oxygens (including phenoxy) is 1. The number of anilines is 1. The normalized spacial score (nSPS) is 14.4. The maximum Gasteiger partial charge on any atom is 0.322 e. The van der Waals surface area contributed by atoms with Gasteiger partial charge in [-0.25, -0.2) is 4.79 Å². The number of carbonyl (C=O) groups is 2. The van der Waals surface area contributed by atoms with Crippen LogP contribution in [0, 0.1) is 13.8 Å². The number of aromatic nitrogens is 1. The van der Waals surface area contributed by atoms with E-state index in [4.69, 9.17) is 4.74 Å². The first-order valence-electron chi connectivity index (χ1n) is 13.8. The second-order valence-corrected chi connectivity index (χ2v) is 10.2. The summed E-state index contributed by atoms with van der Waals surface area (Å²) in [5, 5.41) is 3.05. The van der Waals surface area contributed by atoms with Gasteiger partial charge in [-0.05, 0) is 73.4 Å². The second-order valence-electron chi connectivity index (χ2n) is 10.2. The summed E-state index contributed by atoms with van der Waals surface area (Å²) in [7, 11) is 0. The minimum absolute atomic E-state index is 0.00200. The van der Waals surface area contributed by atoms with Crippen molar-refractivity contribution in [2.75, 3.05) is 25.0 Å². The minimum Gasteiger partial charge on any atom is -0.457 e. The first-order chi connectivity index (χ1) is 19.4. The fourth-order valence-electron chi connectivity index (χ4n) is 5.35. The van der Waals surface area contributed by atoms with E-state index in [1.54, 1.807) is 4.90 Å². The molecule has 1 N–H and O–H groups in total. The van der Waals surface area contributed by atoms with Crippen molar-refractivity contribution in [1.29, 1.82) is 0 Å². The van der Waals surface area contributed by atoms with Crippen LogP contribution >= 0.6 is 0 Å². The van der Waals surface area contributed by atoms with Crippen molar-refractivity contribution in [1.82, 2.24) is 14.4 Å². The van der Waals surface area contributed by atoms with E-state index in [0.29, 0.717) is 25.4 Å². The Labute approximate surface area is 236 Å². The molecule has 40 heavy (non-hydrogen) atoms. The van der Waals surface area contributed by atoms with E-state index in [9.17, 15) is 9.59 Å². The van der Waals surface area contributed by atoms with Crippen LogP contribution in [-0.4, -0.2) is 45.9 Å². The van der Waals surface area contributed by atoms with Gasteiger partial charge in [0.15, 0.2) is 0 Å². The van der Waals surface area contributed by atoms with Crippen molar-refractivity contribution in [3.05, 3.63) is 114 Å². The number of carbonyl (C=O) groups excluding carboxylic acids is 2. The molecule has 2 heterocycles. The van der Waals surface area contributed by atoms with E-state index < -0.39 is 0 Å². The van der Waals surface area contributed by atoms with Gasteiger partial charge in [0.1, 0.15) is 18.0 Å². The van der Waals surface area contributed by atoms with Crippen molar-refractivity contribution >= 4 is 17.6 Å². The number of fused-ring (bicyclic) bond motifs is 1. The Hall–Kier alpha value is -4.52. The summed E-state index contributed by atoms with van der Waals surface area (Å²) in [6.45, 7) is 7.70. The summed E-state index contributed by atoms with van der Waals surface area (Å²) in [5.74, 6) is 1.38.